The number of Topliss-reactive ketones (excluding diaryl/α,β-unsaturated/α-hetero) is 1. The lowest BCUT2D eigenvalue weighted by Crippen LogP contribution is -2.28. The summed E-state index contributed by atoms with van der Waals surface area (Å²) in [5.41, 5.74) is -1.19. The van der Waals surface area contributed by atoms with Crippen LogP contribution >= 0.6 is 0 Å². The van der Waals surface area contributed by atoms with Crippen molar-refractivity contribution in [2.24, 2.45) is 7.05 Å². The van der Waals surface area contributed by atoms with E-state index in [9.17, 15) is 24.3 Å². The van der Waals surface area contributed by atoms with Gasteiger partial charge in [-0.15, -0.1) is 0 Å². The first-order chi connectivity index (χ1) is 15.4. The number of hydrogen-bond acceptors (Lipinski definition) is 6. The van der Waals surface area contributed by atoms with Crippen LogP contribution in [0.25, 0.3) is 28.2 Å². The minimum atomic E-state index is -0.733. The standard InChI is InChI=1S/C22H15N5O5/c1-27-14-7-3-2-5-10(14)18(29)15(22(27)32)16-12(21(31)26-25-16)9-13-17(28)11-6-4-8-23-19(11)24-20(13)30/h2-9,29H,1H3,(H,23,24,30)(H2,25,26,31). The SMILES string of the molecule is Cn1c(=O)c(-c2[nH][nH]c(=O)c2C=C2C(=O)Nc3ncccc3C2=O)c(O)c2ccccc21. The van der Waals surface area contributed by atoms with Crippen LogP contribution in [0.4, 0.5) is 5.82 Å². The number of pyridine rings is 2. The number of ketones is 1. The molecular formula is C22H15N5O5. The van der Waals surface area contributed by atoms with Crippen LogP contribution in [0, 0.1) is 0 Å². The number of nitrogens with one attached hydrogen (secondary N) is 3. The van der Waals surface area contributed by atoms with E-state index in [0.29, 0.717) is 10.9 Å². The van der Waals surface area contributed by atoms with E-state index < -0.39 is 22.8 Å². The van der Waals surface area contributed by atoms with Crippen molar-refractivity contribution in [3.8, 4) is 17.0 Å². The molecule has 0 aliphatic carbocycles. The number of aryl methyl sites for hydroxylation is 1. The number of nitrogens with zero attached hydrogens (tertiary/aromatic N) is 2. The van der Waals surface area contributed by atoms with Gasteiger partial charge in [-0.05, 0) is 30.3 Å². The lowest BCUT2D eigenvalue weighted by Gasteiger charge is -2.16. The van der Waals surface area contributed by atoms with Crippen LogP contribution in [-0.2, 0) is 11.8 Å². The normalized spacial score (nSPS) is 14.6. The zero-order valence-corrected chi connectivity index (χ0v) is 16.6. The lowest BCUT2D eigenvalue weighted by molar-refractivity contribution is -0.112. The number of anilines is 1. The second-order valence-corrected chi connectivity index (χ2v) is 7.21. The Morgan fingerprint density at radius 3 is 2.62 bits per heavy atom. The van der Waals surface area contributed by atoms with E-state index in [1.54, 1.807) is 37.4 Å². The van der Waals surface area contributed by atoms with E-state index in [0.717, 1.165) is 6.08 Å². The molecule has 158 valence electrons. The highest BCUT2D eigenvalue weighted by Crippen LogP contribution is 2.33. The first-order valence-electron chi connectivity index (χ1n) is 9.53. The maximum absolute atomic E-state index is 13.0. The average molecular weight is 429 g/mol. The van der Waals surface area contributed by atoms with Crippen LogP contribution in [0.3, 0.4) is 0 Å². The molecule has 0 saturated heterocycles. The molecule has 0 atom stereocenters. The predicted molar refractivity (Wildman–Crippen MR) is 116 cm³/mol. The van der Waals surface area contributed by atoms with Gasteiger partial charge in [0.05, 0.1) is 27.9 Å². The van der Waals surface area contributed by atoms with Gasteiger partial charge < -0.3 is 15.0 Å². The molecule has 0 radical (unpaired) electrons. The third-order valence-corrected chi connectivity index (χ3v) is 5.40. The van der Waals surface area contributed by atoms with Crippen molar-refractivity contribution < 1.29 is 14.7 Å². The number of amides is 1. The number of carbonyl (C=O) groups is 2. The fourth-order valence-electron chi connectivity index (χ4n) is 3.79. The first-order valence-corrected chi connectivity index (χ1v) is 9.53. The molecule has 1 amide bonds. The van der Waals surface area contributed by atoms with E-state index >= 15 is 0 Å². The molecule has 4 aromatic rings. The molecule has 1 aromatic carbocycles. The summed E-state index contributed by atoms with van der Waals surface area (Å²) in [5.74, 6) is -1.54. The van der Waals surface area contributed by atoms with Crippen LogP contribution in [-0.4, -0.2) is 36.5 Å². The van der Waals surface area contributed by atoms with Crippen LogP contribution in [0.2, 0.25) is 0 Å². The summed E-state index contributed by atoms with van der Waals surface area (Å²) < 4.78 is 1.34. The van der Waals surface area contributed by atoms with Gasteiger partial charge >= 0.3 is 0 Å². The molecule has 4 heterocycles. The smallest absolute Gasteiger partial charge is 0.271 e. The molecule has 0 bridgehead atoms. The van der Waals surface area contributed by atoms with Crippen molar-refractivity contribution in [3.05, 3.63) is 80.0 Å². The summed E-state index contributed by atoms with van der Waals surface area (Å²) in [7, 11) is 1.54. The fourth-order valence-corrected chi connectivity index (χ4v) is 3.79. The minimum Gasteiger partial charge on any atom is -0.506 e. The van der Waals surface area contributed by atoms with Crippen LogP contribution in [0.5, 0.6) is 5.75 Å². The number of aromatic nitrogens is 4. The van der Waals surface area contributed by atoms with Gasteiger partial charge in [0.15, 0.2) is 0 Å². The molecule has 10 heteroatoms. The Balaban J connectivity index is 1.75. The summed E-state index contributed by atoms with van der Waals surface area (Å²) in [6.45, 7) is 0. The molecule has 1 aliphatic rings. The van der Waals surface area contributed by atoms with Gasteiger partial charge in [-0.2, -0.15) is 0 Å². The molecular weight excluding hydrogens is 414 g/mol. The Hall–Kier alpha value is -4.73. The largest absolute Gasteiger partial charge is 0.506 e. The van der Waals surface area contributed by atoms with E-state index in [-0.39, 0.29) is 39.5 Å². The van der Waals surface area contributed by atoms with Crippen molar-refractivity contribution in [2.45, 2.75) is 0 Å². The summed E-state index contributed by atoms with van der Waals surface area (Å²) >= 11 is 0. The second-order valence-electron chi connectivity index (χ2n) is 7.21. The van der Waals surface area contributed by atoms with Gasteiger partial charge in [0.2, 0.25) is 5.78 Å². The quantitative estimate of drug-likeness (QED) is 0.280. The molecule has 4 N–H and O–H groups in total. The lowest BCUT2D eigenvalue weighted by atomic mass is 9.96. The number of hydrogen-bond donors (Lipinski definition) is 4. The molecule has 0 unspecified atom stereocenters. The van der Waals surface area contributed by atoms with Gasteiger partial charge in [-0.25, -0.2) is 4.98 Å². The van der Waals surface area contributed by atoms with Crippen LogP contribution < -0.4 is 16.4 Å². The number of fused-ring (bicyclic) bond motifs is 2. The molecule has 0 saturated carbocycles. The van der Waals surface area contributed by atoms with Gasteiger partial charge in [0, 0.05) is 18.6 Å². The van der Waals surface area contributed by atoms with E-state index in [1.165, 1.54) is 16.8 Å². The highest BCUT2D eigenvalue weighted by atomic mass is 16.3. The summed E-state index contributed by atoms with van der Waals surface area (Å²) in [4.78, 5) is 55.0. The topological polar surface area (TPSA) is 150 Å². The van der Waals surface area contributed by atoms with Crippen molar-refractivity contribution in [1.29, 1.82) is 0 Å². The molecule has 32 heavy (non-hydrogen) atoms. The Morgan fingerprint density at radius 2 is 1.81 bits per heavy atom. The zero-order valence-electron chi connectivity index (χ0n) is 16.6. The first kappa shape index (κ1) is 19.2. The minimum absolute atomic E-state index is 0.0380. The molecule has 5 rings (SSSR count). The van der Waals surface area contributed by atoms with Crippen molar-refractivity contribution in [1.82, 2.24) is 19.7 Å². The van der Waals surface area contributed by atoms with Crippen molar-refractivity contribution in [2.75, 3.05) is 5.32 Å². The summed E-state index contributed by atoms with van der Waals surface area (Å²) in [5, 5.41) is 18.7. The van der Waals surface area contributed by atoms with Gasteiger partial charge in [0.1, 0.15) is 17.1 Å². The average Bonchev–Trinajstić information content (AvgIpc) is 3.15. The molecule has 1 aliphatic heterocycles. The number of carbonyl (C=O) groups excluding carboxylic acids is 2. The van der Waals surface area contributed by atoms with Crippen LogP contribution in [0.15, 0.2) is 57.8 Å². The van der Waals surface area contributed by atoms with E-state index in [4.69, 9.17) is 0 Å². The predicted octanol–water partition coefficient (Wildman–Crippen LogP) is 1.54. The third-order valence-electron chi connectivity index (χ3n) is 5.40. The maximum atomic E-state index is 13.0. The van der Waals surface area contributed by atoms with Crippen molar-refractivity contribution in [3.63, 3.8) is 0 Å². The summed E-state index contributed by atoms with van der Waals surface area (Å²) in [6, 6.07) is 9.81. The highest BCUT2D eigenvalue weighted by Gasteiger charge is 2.30. The highest BCUT2D eigenvalue weighted by molar-refractivity contribution is 6.35. The number of aromatic hydroxyl groups is 1. The van der Waals surface area contributed by atoms with E-state index in [1.807, 2.05) is 0 Å². The molecule has 3 aromatic heterocycles. The Bertz CT molecular complexity index is 1610. The molecule has 10 nitrogen and oxygen atoms in total. The third kappa shape index (κ3) is 2.70. The number of H-pyrrole nitrogens is 2. The number of aromatic amines is 2. The Morgan fingerprint density at radius 1 is 1.03 bits per heavy atom. The second kappa shape index (κ2) is 6.91. The Kier molecular flexibility index (Phi) is 4.16. The van der Waals surface area contributed by atoms with Gasteiger partial charge in [0.25, 0.3) is 17.0 Å². The number of benzene rings is 1. The monoisotopic (exact) mass is 429 g/mol. The zero-order chi connectivity index (χ0) is 22.6. The van der Waals surface area contributed by atoms with E-state index in [2.05, 4.69) is 20.5 Å². The Labute approximate surface area is 178 Å². The number of rotatable bonds is 2. The molecule has 0 spiro atoms. The molecule has 0 fully saturated rings. The van der Waals surface area contributed by atoms with Crippen molar-refractivity contribution >= 4 is 34.5 Å². The number of para-hydroxylation sites is 1. The van der Waals surface area contributed by atoms with Gasteiger partial charge in [-0.3, -0.25) is 29.4 Å². The fraction of sp³-hybridized carbons (Fsp3) is 0.0455. The van der Waals surface area contributed by atoms with Crippen LogP contribution in [0.1, 0.15) is 15.9 Å². The maximum Gasteiger partial charge on any atom is 0.271 e. The van der Waals surface area contributed by atoms with Gasteiger partial charge in [-0.1, -0.05) is 12.1 Å². The summed E-state index contributed by atoms with van der Waals surface area (Å²) in [6.07, 6.45) is 2.54.